The van der Waals surface area contributed by atoms with Gasteiger partial charge in [-0.2, -0.15) is 0 Å². The first-order valence-corrected chi connectivity index (χ1v) is 9.54. The molecule has 0 radical (unpaired) electrons. The molecule has 9 heteroatoms. The van der Waals surface area contributed by atoms with Crippen molar-refractivity contribution >= 4 is 23.9 Å². The van der Waals surface area contributed by atoms with Gasteiger partial charge in [0.15, 0.2) is 11.5 Å². The Morgan fingerprint density at radius 3 is 1.93 bits per heavy atom. The minimum Gasteiger partial charge on any atom is -0.480 e. The van der Waals surface area contributed by atoms with Gasteiger partial charge in [-0.1, -0.05) is 26.8 Å². The molecule has 0 spiro atoms. The zero-order chi connectivity index (χ0) is 23.2. The summed E-state index contributed by atoms with van der Waals surface area (Å²) in [5.74, 6) is -4.58. The van der Waals surface area contributed by atoms with Crippen molar-refractivity contribution in [2.24, 2.45) is 17.6 Å². The highest BCUT2D eigenvalue weighted by Crippen LogP contribution is 2.37. The molecule has 0 aromatic heterocycles. The summed E-state index contributed by atoms with van der Waals surface area (Å²) >= 11 is 0. The van der Waals surface area contributed by atoms with Crippen LogP contribution < -0.4 is 15.2 Å². The monoisotopic (exact) mass is 423 g/mol. The van der Waals surface area contributed by atoms with Gasteiger partial charge in [0, 0.05) is 25.7 Å². The van der Waals surface area contributed by atoms with E-state index in [2.05, 4.69) is 0 Å². The van der Waals surface area contributed by atoms with Crippen molar-refractivity contribution in [3.05, 3.63) is 23.8 Å². The molecule has 1 rings (SSSR count). The number of hydrogen-bond acceptors (Lipinski definition) is 8. The summed E-state index contributed by atoms with van der Waals surface area (Å²) in [6.45, 7) is 9.14. The molecule has 3 unspecified atom stereocenters. The molecule has 3 N–H and O–H groups in total. The molecule has 0 saturated heterocycles. The number of carbonyl (C=O) groups is 4. The molecule has 0 heterocycles. The number of carboxylic acid groups (broad SMARTS) is 1. The first-order valence-electron chi connectivity index (χ1n) is 9.54. The second-order valence-corrected chi connectivity index (χ2v) is 7.44. The molecule has 0 aliphatic rings. The van der Waals surface area contributed by atoms with Crippen LogP contribution in [0.25, 0.3) is 0 Å². The van der Waals surface area contributed by atoms with E-state index in [0.29, 0.717) is 5.56 Å². The molecule has 166 valence electrons. The Hall–Kier alpha value is -2.94. The number of carboxylic acids is 1. The maximum atomic E-state index is 12.0. The van der Waals surface area contributed by atoms with E-state index in [4.69, 9.17) is 19.9 Å². The zero-order valence-electron chi connectivity index (χ0n) is 18.0. The summed E-state index contributed by atoms with van der Waals surface area (Å²) in [6, 6.07) is 3.01. The molecule has 4 atom stereocenters. The minimum atomic E-state index is -1.33. The largest absolute Gasteiger partial charge is 0.480 e. The molecule has 30 heavy (non-hydrogen) atoms. The predicted octanol–water partition coefficient (Wildman–Crippen LogP) is 2.26. The number of carbonyl (C=O) groups excluding carboxylic acids is 3. The second kappa shape index (κ2) is 10.7. The van der Waals surface area contributed by atoms with Crippen LogP contribution in [0.1, 0.15) is 53.0 Å². The van der Waals surface area contributed by atoms with E-state index in [0.717, 1.165) is 0 Å². The standard InChI is InChI=1S/C21H29NO8/c1-10(2)21(27)28-12(4)11(3)18(19(22)20(25)26)15-7-8-16(29-13(5)23)17(9-15)30-14(6)24/h7-12,18-19H,22H2,1-6H3,(H,25,26)/t11?,12?,18?,19-/m0/s1. The third-order valence-corrected chi connectivity index (χ3v) is 4.61. The lowest BCUT2D eigenvalue weighted by Gasteiger charge is -2.32. The Kier molecular flexibility index (Phi) is 8.97. The first-order chi connectivity index (χ1) is 13.8. The fraction of sp³-hybridized carbons (Fsp3) is 0.524. The van der Waals surface area contributed by atoms with E-state index in [1.54, 1.807) is 27.7 Å². The van der Waals surface area contributed by atoms with Gasteiger partial charge in [-0.05, 0) is 24.6 Å². The lowest BCUT2D eigenvalue weighted by atomic mass is 9.79. The van der Waals surface area contributed by atoms with Gasteiger partial charge in [-0.3, -0.25) is 19.2 Å². The predicted molar refractivity (Wildman–Crippen MR) is 107 cm³/mol. The summed E-state index contributed by atoms with van der Waals surface area (Å²) in [7, 11) is 0. The quantitative estimate of drug-likeness (QED) is 0.451. The van der Waals surface area contributed by atoms with E-state index in [1.165, 1.54) is 32.0 Å². The Morgan fingerprint density at radius 1 is 0.933 bits per heavy atom. The van der Waals surface area contributed by atoms with E-state index in [1.807, 2.05) is 0 Å². The topological polar surface area (TPSA) is 142 Å². The number of aliphatic carboxylic acids is 1. The van der Waals surface area contributed by atoms with E-state index in [9.17, 15) is 24.3 Å². The van der Waals surface area contributed by atoms with Crippen molar-refractivity contribution < 1.29 is 38.5 Å². The first kappa shape index (κ1) is 25.1. The molecule has 0 fully saturated rings. The van der Waals surface area contributed by atoms with Crippen LogP contribution in [0.15, 0.2) is 18.2 Å². The van der Waals surface area contributed by atoms with Crippen molar-refractivity contribution in [3.8, 4) is 11.5 Å². The fourth-order valence-corrected chi connectivity index (χ4v) is 2.92. The Morgan fingerprint density at radius 2 is 1.47 bits per heavy atom. The van der Waals surface area contributed by atoms with Crippen molar-refractivity contribution in [3.63, 3.8) is 0 Å². The van der Waals surface area contributed by atoms with E-state index < -0.39 is 47.9 Å². The van der Waals surface area contributed by atoms with Crippen molar-refractivity contribution in [2.75, 3.05) is 0 Å². The van der Waals surface area contributed by atoms with Crippen LogP contribution >= 0.6 is 0 Å². The van der Waals surface area contributed by atoms with Crippen molar-refractivity contribution in [1.29, 1.82) is 0 Å². The van der Waals surface area contributed by atoms with E-state index in [-0.39, 0.29) is 17.4 Å². The van der Waals surface area contributed by atoms with Crippen molar-refractivity contribution in [1.82, 2.24) is 0 Å². The smallest absolute Gasteiger partial charge is 0.321 e. The fourth-order valence-electron chi connectivity index (χ4n) is 2.92. The lowest BCUT2D eigenvalue weighted by molar-refractivity contribution is -0.155. The molecule has 0 amide bonds. The van der Waals surface area contributed by atoms with Crippen LogP contribution in [0, 0.1) is 11.8 Å². The normalized spacial score (nSPS) is 14.9. The highest BCUT2D eigenvalue weighted by molar-refractivity contribution is 5.76. The zero-order valence-corrected chi connectivity index (χ0v) is 18.0. The third-order valence-electron chi connectivity index (χ3n) is 4.61. The van der Waals surface area contributed by atoms with Crippen LogP contribution in [-0.2, 0) is 23.9 Å². The maximum absolute atomic E-state index is 12.0. The van der Waals surface area contributed by atoms with Gasteiger partial charge in [-0.15, -0.1) is 0 Å². The van der Waals surface area contributed by atoms with Crippen LogP contribution in [0.3, 0.4) is 0 Å². The second-order valence-electron chi connectivity index (χ2n) is 7.44. The number of benzene rings is 1. The minimum absolute atomic E-state index is 0.0102. The summed E-state index contributed by atoms with van der Waals surface area (Å²) in [5.41, 5.74) is 6.39. The van der Waals surface area contributed by atoms with Gasteiger partial charge in [0.25, 0.3) is 0 Å². The Balaban J connectivity index is 3.39. The maximum Gasteiger partial charge on any atom is 0.321 e. The molecule has 1 aromatic carbocycles. The number of ether oxygens (including phenoxy) is 3. The highest BCUT2D eigenvalue weighted by Gasteiger charge is 2.35. The molecule has 0 aliphatic carbocycles. The van der Waals surface area contributed by atoms with Gasteiger partial charge in [-0.25, -0.2) is 0 Å². The number of rotatable bonds is 9. The van der Waals surface area contributed by atoms with E-state index >= 15 is 0 Å². The molecular formula is C21H29NO8. The molecule has 9 nitrogen and oxygen atoms in total. The molecule has 0 aliphatic heterocycles. The average molecular weight is 423 g/mol. The number of nitrogens with two attached hydrogens (primary N) is 1. The molecule has 0 bridgehead atoms. The Bertz CT molecular complexity index is 804. The van der Waals surface area contributed by atoms with Gasteiger partial charge in [0.05, 0.1) is 5.92 Å². The van der Waals surface area contributed by atoms with Gasteiger partial charge in [0.2, 0.25) is 0 Å². The molecular weight excluding hydrogens is 394 g/mol. The molecule has 1 aromatic rings. The number of esters is 3. The van der Waals surface area contributed by atoms with Crippen LogP contribution in [0.5, 0.6) is 11.5 Å². The lowest BCUT2D eigenvalue weighted by Crippen LogP contribution is -2.43. The van der Waals surface area contributed by atoms with Crippen LogP contribution in [-0.4, -0.2) is 41.1 Å². The molecule has 0 saturated carbocycles. The highest BCUT2D eigenvalue weighted by atomic mass is 16.6. The van der Waals surface area contributed by atoms with Gasteiger partial charge >= 0.3 is 23.9 Å². The summed E-state index contributed by atoms with van der Waals surface area (Å²) < 4.78 is 15.6. The average Bonchev–Trinajstić information content (AvgIpc) is 2.62. The SMILES string of the molecule is CC(=O)Oc1ccc(C(C(C)C(C)OC(=O)C(C)C)[C@H](N)C(=O)O)cc1OC(C)=O. The number of hydrogen-bond donors (Lipinski definition) is 2. The van der Waals surface area contributed by atoms with Gasteiger partial charge in [0.1, 0.15) is 12.1 Å². The van der Waals surface area contributed by atoms with Crippen LogP contribution in [0.4, 0.5) is 0 Å². The Labute approximate surface area is 175 Å². The third kappa shape index (κ3) is 6.84. The van der Waals surface area contributed by atoms with Crippen molar-refractivity contribution in [2.45, 2.75) is 59.6 Å². The van der Waals surface area contributed by atoms with Gasteiger partial charge < -0.3 is 25.1 Å². The summed E-state index contributed by atoms with van der Waals surface area (Å²) in [4.78, 5) is 46.4. The summed E-state index contributed by atoms with van der Waals surface area (Å²) in [6.07, 6.45) is -0.638. The summed E-state index contributed by atoms with van der Waals surface area (Å²) in [5, 5.41) is 9.52. The van der Waals surface area contributed by atoms with Crippen LogP contribution in [0.2, 0.25) is 0 Å².